The van der Waals surface area contributed by atoms with Gasteiger partial charge < -0.3 is 30.2 Å². The van der Waals surface area contributed by atoms with Crippen LogP contribution in [0.4, 0.5) is 11.5 Å². The first-order valence-electron chi connectivity index (χ1n) is 8.03. The van der Waals surface area contributed by atoms with Gasteiger partial charge in [-0.3, -0.25) is 10.1 Å². The van der Waals surface area contributed by atoms with Gasteiger partial charge in [0.1, 0.15) is 12.2 Å². The predicted octanol–water partition coefficient (Wildman–Crippen LogP) is -0.419. The van der Waals surface area contributed by atoms with Crippen molar-refractivity contribution in [3.05, 3.63) is 15.3 Å². The second-order valence-electron chi connectivity index (χ2n) is 5.79. The van der Waals surface area contributed by atoms with Gasteiger partial charge in [0.15, 0.2) is 5.16 Å². The Labute approximate surface area is 163 Å². The number of rotatable bonds is 9. The third-order valence-corrected chi connectivity index (χ3v) is 5.12. The number of thioether (sulfide) groups is 1. The number of carbonyl (C=O) groups is 1. The highest BCUT2D eigenvalue weighted by atomic mass is 35.5. The van der Waals surface area contributed by atoms with E-state index in [0.29, 0.717) is 5.75 Å². The smallest absolute Gasteiger partial charge is 0.348 e. The number of aromatic nitrogens is 2. The zero-order valence-electron chi connectivity index (χ0n) is 14.2. The first kappa shape index (κ1) is 21.6. The fourth-order valence-corrected chi connectivity index (χ4v) is 3.56. The molecule has 3 N–H and O–H groups in total. The van der Waals surface area contributed by atoms with E-state index in [4.69, 9.17) is 16.3 Å². The molecule has 4 atom stereocenters. The molecule has 1 aromatic heterocycles. The lowest BCUT2D eigenvalue weighted by Gasteiger charge is -2.18. The third kappa shape index (κ3) is 5.39. The van der Waals surface area contributed by atoms with E-state index in [1.54, 1.807) is 0 Å². The molecule has 11 nitrogen and oxygen atoms in total. The monoisotopic (exact) mass is 421 g/mol. The number of hydrogen-bond donors (Lipinski definition) is 3. The summed E-state index contributed by atoms with van der Waals surface area (Å²) in [6, 6.07) is -0.875. The molecular weight excluding hydrogens is 404 g/mol. The number of nitrogens with zero attached hydrogens (tertiary/aromatic N) is 3. The van der Waals surface area contributed by atoms with E-state index in [1.807, 2.05) is 6.92 Å². The number of aliphatic hydroxyl groups excluding tert-OH is 2. The van der Waals surface area contributed by atoms with Crippen LogP contribution in [0.3, 0.4) is 0 Å². The summed E-state index contributed by atoms with van der Waals surface area (Å²) < 4.78 is 4.98. The van der Waals surface area contributed by atoms with Crippen LogP contribution in [0.5, 0.6) is 0 Å². The van der Waals surface area contributed by atoms with Crippen molar-refractivity contribution in [1.82, 2.24) is 9.97 Å². The minimum atomic E-state index is -1.47. The Kier molecular flexibility index (Phi) is 7.56. The molecule has 2 rings (SSSR count). The van der Waals surface area contributed by atoms with Crippen LogP contribution in [0.25, 0.3) is 0 Å². The number of nitro groups is 1. The van der Waals surface area contributed by atoms with Gasteiger partial charge in [-0.05, 0) is 12.8 Å². The SMILES string of the molecule is CCCSc1nc(Cl)c([N+](=O)[O-])c(N[C@@H]2C[C@H](OCC(=O)[O-])[C@@H](O)[C@H]2O)n1. The highest BCUT2D eigenvalue weighted by molar-refractivity contribution is 7.99. The number of aliphatic carboxylic acids is 1. The molecule has 0 saturated heterocycles. The van der Waals surface area contributed by atoms with Gasteiger partial charge in [0.2, 0.25) is 11.0 Å². The first-order chi connectivity index (χ1) is 12.7. The maximum atomic E-state index is 11.3. The van der Waals surface area contributed by atoms with E-state index in [-0.39, 0.29) is 22.5 Å². The highest BCUT2D eigenvalue weighted by Gasteiger charge is 2.43. The van der Waals surface area contributed by atoms with Gasteiger partial charge in [0.25, 0.3) is 0 Å². The van der Waals surface area contributed by atoms with Gasteiger partial charge in [-0.15, -0.1) is 0 Å². The van der Waals surface area contributed by atoms with Crippen molar-refractivity contribution in [1.29, 1.82) is 0 Å². The maximum absolute atomic E-state index is 11.3. The van der Waals surface area contributed by atoms with Gasteiger partial charge in [-0.2, -0.15) is 4.98 Å². The van der Waals surface area contributed by atoms with E-state index in [9.17, 15) is 30.2 Å². The molecule has 1 aliphatic rings. The number of ether oxygens (including phenoxy) is 1. The summed E-state index contributed by atoms with van der Waals surface area (Å²) in [6.45, 7) is 1.20. The maximum Gasteiger partial charge on any atom is 0.348 e. The summed E-state index contributed by atoms with van der Waals surface area (Å²) in [5.41, 5.74) is -0.557. The standard InChI is InChI=1S/C14H19ClN4O7S/c1-2-3-27-14-17-12(15)9(19(24)25)13(18-14)16-6-4-7(11(23)10(6)22)26-5-8(20)21/h6-7,10-11,22-23H,2-5H2,1H3,(H,20,21)(H,16,17,18)/p-1/t6-,7+,10+,11-/m1/s1. The van der Waals surface area contributed by atoms with Crippen molar-refractivity contribution >= 4 is 40.8 Å². The zero-order chi connectivity index (χ0) is 20.1. The predicted molar refractivity (Wildman–Crippen MR) is 93.5 cm³/mol. The van der Waals surface area contributed by atoms with E-state index in [2.05, 4.69) is 15.3 Å². The molecule has 0 aromatic carbocycles. The normalized spacial score (nSPS) is 24.7. The minimum absolute atomic E-state index is 0.00811. The largest absolute Gasteiger partial charge is 0.548 e. The fourth-order valence-electron chi connectivity index (χ4n) is 2.58. The Morgan fingerprint density at radius 2 is 2.15 bits per heavy atom. The van der Waals surface area contributed by atoms with Crippen molar-refractivity contribution in [3.8, 4) is 0 Å². The van der Waals surface area contributed by atoms with E-state index >= 15 is 0 Å². The van der Waals surface area contributed by atoms with Crippen LogP contribution in [0.1, 0.15) is 19.8 Å². The molecule has 0 unspecified atom stereocenters. The molecule has 1 fully saturated rings. The minimum Gasteiger partial charge on any atom is -0.548 e. The Morgan fingerprint density at radius 1 is 1.44 bits per heavy atom. The van der Waals surface area contributed by atoms with Crippen LogP contribution in [0, 0.1) is 10.1 Å². The summed E-state index contributed by atoms with van der Waals surface area (Å²) in [4.78, 5) is 29.0. The summed E-state index contributed by atoms with van der Waals surface area (Å²) in [5, 5.41) is 44.5. The zero-order valence-corrected chi connectivity index (χ0v) is 15.8. The quantitative estimate of drug-likeness (QED) is 0.155. The fraction of sp³-hybridized carbons (Fsp3) is 0.643. The highest BCUT2D eigenvalue weighted by Crippen LogP contribution is 2.35. The summed E-state index contributed by atoms with van der Waals surface area (Å²) in [6.07, 6.45) is -2.91. The van der Waals surface area contributed by atoms with Crippen molar-refractivity contribution < 1.29 is 29.8 Å². The van der Waals surface area contributed by atoms with Crippen LogP contribution in [0.15, 0.2) is 5.16 Å². The average molecular weight is 422 g/mol. The number of nitrogens with one attached hydrogen (secondary N) is 1. The number of aliphatic hydroxyl groups is 2. The van der Waals surface area contributed by atoms with Gasteiger partial charge in [-0.1, -0.05) is 30.3 Å². The van der Waals surface area contributed by atoms with Crippen molar-refractivity contribution in [3.63, 3.8) is 0 Å². The molecule has 13 heteroatoms. The number of carboxylic acid groups (broad SMARTS) is 1. The second kappa shape index (κ2) is 9.46. The van der Waals surface area contributed by atoms with E-state index < -0.39 is 47.5 Å². The Balaban J connectivity index is 2.22. The van der Waals surface area contributed by atoms with Crippen molar-refractivity contribution in [2.75, 3.05) is 17.7 Å². The van der Waals surface area contributed by atoms with Crippen LogP contribution in [0.2, 0.25) is 5.15 Å². The molecule has 27 heavy (non-hydrogen) atoms. The first-order valence-corrected chi connectivity index (χ1v) is 9.39. The lowest BCUT2D eigenvalue weighted by molar-refractivity contribution is -0.384. The van der Waals surface area contributed by atoms with Crippen LogP contribution < -0.4 is 10.4 Å². The summed E-state index contributed by atoms with van der Waals surface area (Å²) in [7, 11) is 0. The number of anilines is 1. The Bertz CT molecular complexity index is 710. The lowest BCUT2D eigenvalue weighted by Crippen LogP contribution is -2.38. The van der Waals surface area contributed by atoms with Crippen LogP contribution in [-0.2, 0) is 9.53 Å². The molecule has 0 bridgehead atoms. The topological polar surface area (TPSA) is 171 Å². The van der Waals surface area contributed by atoms with Crippen LogP contribution in [-0.4, -0.2) is 67.8 Å². The molecule has 0 amide bonds. The lowest BCUT2D eigenvalue weighted by atomic mass is 10.2. The Morgan fingerprint density at radius 3 is 2.74 bits per heavy atom. The van der Waals surface area contributed by atoms with Crippen molar-refractivity contribution in [2.24, 2.45) is 0 Å². The molecule has 0 radical (unpaired) electrons. The average Bonchev–Trinajstić information content (AvgIpc) is 2.85. The summed E-state index contributed by atoms with van der Waals surface area (Å²) in [5.74, 6) is -0.989. The van der Waals surface area contributed by atoms with Gasteiger partial charge >= 0.3 is 5.69 Å². The Hall–Kier alpha value is -1.73. The van der Waals surface area contributed by atoms with E-state index in [1.165, 1.54) is 11.8 Å². The molecular formula is C14H18ClN4O7S-. The van der Waals surface area contributed by atoms with Crippen LogP contribution >= 0.6 is 23.4 Å². The number of hydrogen-bond acceptors (Lipinski definition) is 11. The number of carbonyl (C=O) groups excluding carboxylic acids is 1. The molecule has 0 spiro atoms. The van der Waals surface area contributed by atoms with Gasteiger partial charge in [0, 0.05) is 5.75 Å². The molecule has 1 aliphatic carbocycles. The molecule has 1 aromatic rings. The van der Waals surface area contributed by atoms with Gasteiger partial charge in [-0.25, -0.2) is 4.98 Å². The number of carboxylic acids is 1. The molecule has 1 saturated carbocycles. The molecule has 150 valence electrons. The molecule has 1 heterocycles. The third-order valence-electron chi connectivity index (χ3n) is 3.81. The molecule has 0 aliphatic heterocycles. The van der Waals surface area contributed by atoms with E-state index in [0.717, 1.165) is 6.42 Å². The second-order valence-corrected chi connectivity index (χ2v) is 7.21. The van der Waals surface area contributed by atoms with Crippen molar-refractivity contribution in [2.45, 2.75) is 49.3 Å². The summed E-state index contributed by atoms with van der Waals surface area (Å²) >= 11 is 7.18. The van der Waals surface area contributed by atoms with Gasteiger partial charge in [0.05, 0.1) is 29.6 Å². The number of halogens is 1.